The van der Waals surface area contributed by atoms with Gasteiger partial charge in [-0.1, -0.05) is 27.7 Å². The van der Waals surface area contributed by atoms with Crippen molar-refractivity contribution in [2.75, 3.05) is 0 Å². The van der Waals surface area contributed by atoms with Crippen molar-refractivity contribution in [1.82, 2.24) is 5.32 Å². The summed E-state index contributed by atoms with van der Waals surface area (Å²) in [5, 5.41) is 2.03. The van der Waals surface area contributed by atoms with Gasteiger partial charge in [0.05, 0.1) is 0 Å². The zero-order chi connectivity index (χ0) is 9.28. The number of imide groups is 1. The highest BCUT2D eigenvalue weighted by Gasteiger charge is 2.06. The Balaban J connectivity index is 0. The number of hydrogen-bond acceptors (Lipinski definition) is 2. The SMILES string of the molecule is CC.CC.O=C1C=CC(=O)N1. The van der Waals surface area contributed by atoms with E-state index in [1.807, 2.05) is 33.0 Å². The molecule has 0 aliphatic carbocycles. The van der Waals surface area contributed by atoms with E-state index in [-0.39, 0.29) is 11.8 Å². The lowest BCUT2D eigenvalue weighted by atomic mass is 10.6. The first-order valence-electron chi connectivity index (χ1n) is 3.82. The van der Waals surface area contributed by atoms with Crippen LogP contribution in [-0.4, -0.2) is 11.8 Å². The maximum absolute atomic E-state index is 10.0. The van der Waals surface area contributed by atoms with E-state index in [0.29, 0.717) is 0 Å². The Hall–Kier alpha value is -1.12. The number of hydrogen-bond donors (Lipinski definition) is 1. The molecular weight excluding hydrogens is 142 g/mol. The van der Waals surface area contributed by atoms with Crippen LogP contribution in [0, 0.1) is 0 Å². The third-order valence-electron chi connectivity index (χ3n) is 0.632. The third kappa shape index (κ3) is 6.77. The number of carbonyl (C=O) groups is 2. The summed E-state index contributed by atoms with van der Waals surface area (Å²) in [6.45, 7) is 8.00. The molecule has 0 bridgehead atoms. The van der Waals surface area contributed by atoms with E-state index in [1.165, 1.54) is 12.2 Å². The van der Waals surface area contributed by atoms with Gasteiger partial charge in [-0.2, -0.15) is 0 Å². The Morgan fingerprint density at radius 3 is 1.27 bits per heavy atom. The van der Waals surface area contributed by atoms with Crippen LogP contribution in [0.3, 0.4) is 0 Å². The van der Waals surface area contributed by atoms with Crippen LogP contribution < -0.4 is 5.32 Å². The zero-order valence-corrected chi connectivity index (χ0v) is 7.47. The van der Waals surface area contributed by atoms with Gasteiger partial charge in [0, 0.05) is 12.2 Å². The molecule has 1 aliphatic rings. The molecule has 0 atom stereocenters. The summed E-state index contributed by atoms with van der Waals surface area (Å²) in [6, 6.07) is 0. The molecule has 0 saturated heterocycles. The molecule has 3 nitrogen and oxygen atoms in total. The standard InChI is InChI=1S/C4H3NO2.2C2H6/c6-3-1-2-4(7)5-3;2*1-2/h1-2H,(H,5,6,7);2*1-2H3. The van der Waals surface area contributed by atoms with Crippen LogP contribution in [0.2, 0.25) is 0 Å². The molecule has 0 aromatic rings. The van der Waals surface area contributed by atoms with Crippen LogP contribution in [0.25, 0.3) is 0 Å². The number of rotatable bonds is 0. The Kier molecular flexibility index (Phi) is 10.1. The smallest absolute Gasteiger partial charge is 0.250 e. The molecule has 0 unspecified atom stereocenters. The van der Waals surface area contributed by atoms with Gasteiger partial charge in [-0.3, -0.25) is 14.9 Å². The first kappa shape index (κ1) is 12.5. The molecule has 0 radical (unpaired) electrons. The van der Waals surface area contributed by atoms with E-state index in [9.17, 15) is 9.59 Å². The minimum absolute atomic E-state index is 0.329. The molecule has 0 aromatic heterocycles. The molecule has 0 saturated carbocycles. The average molecular weight is 157 g/mol. The van der Waals surface area contributed by atoms with Crippen molar-refractivity contribution >= 4 is 11.8 Å². The molecule has 2 amide bonds. The molecule has 1 heterocycles. The van der Waals surface area contributed by atoms with Gasteiger partial charge >= 0.3 is 0 Å². The van der Waals surface area contributed by atoms with Crippen LogP contribution in [0.15, 0.2) is 12.2 Å². The second-order valence-electron chi connectivity index (χ2n) is 1.19. The maximum atomic E-state index is 10.0. The summed E-state index contributed by atoms with van der Waals surface area (Å²) in [5.74, 6) is -0.657. The van der Waals surface area contributed by atoms with Gasteiger partial charge in [0.2, 0.25) is 0 Å². The predicted octanol–water partition coefficient (Wildman–Crippen LogP) is 1.25. The Morgan fingerprint density at radius 1 is 0.909 bits per heavy atom. The lowest BCUT2D eigenvalue weighted by Gasteiger charge is -1.80. The van der Waals surface area contributed by atoms with Gasteiger partial charge in [-0.15, -0.1) is 0 Å². The van der Waals surface area contributed by atoms with Gasteiger partial charge in [-0.05, 0) is 0 Å². The fourth-order valence-corrected chi connectivity index (χ4v) is 0.356. The monoisotopic (exact) mass is 157 g/mol. The third-order valence-corrected chi connectivity index (χ3v) is 0.632. The van der Waals surface area contributed by atoms with Crippen molar-refractivity contribution in [2.45, 2.75) is 27.7 Å². The molecule has 11 heavy (non-hydrogen) atoms. The minimum Gasteiger partial charge on any atom is -0.289 e. The number of amides is 2. The lowest BCUT2D eigenvalue weighted by Crippen LogP contribution is -2.19. The highest BCUT2D eigenvalue weighted by atomic mass is 16.2. The van der Waals surface area contributed by atoms with Crippen molar-refractivity contribution in [3.8, 4) is 0 Å². The van der Waals surface area contributed by atoms with Gasteiger partial charge in [0.25, 0.3) is 11.8 Å². The highest BCUT2D eigenvalue weighted by Crippen LogP contribution is 1.82. The molecule has 1 aliphatic heterocycles. The summed E-state index contributed by atoms with van der Waals surface area (Å²) < 4.78 is 0. The Morgan fingerprint density at radius 2 is 1.18 bits per heavy atom. The zero-order valence-electron chi connectivity index (χ0n) is 7.47. The van der Waals surface area contributed by atoms with E-state index in [4.69, 9.17) is 0 Å². The van der Waals surface area contributed by atoms with Gasteiger partial charge in [0.1, 0.15) is 0 Å². The predicted molar refractivity (Wildman–Crippen MR) is 45.0 cm³/mol. The minimum atomic E-state index is -0.329. The van der Waals surface area contributed by atoms with Gasteiger partial charge < -0.3 is 0 Å². The maximum Gasteiger partial charge on any atom is 0.250 e. The summed E-state index contributed by atoms with van der Waals surface area (Å²) in [7, 11) is 0. The molecule has 1 N–H and O–H groups in total. The summed E-state index contributed by atoms with van der Waals surface area (Å²) >= 11 is 0. The number of nitrogens with one attached hydrogen (secondary N) is 1. The summed E-state index contributed by atoms with van der Waals surface area (Å²) in [4.78, 5) is 20.1. The summed E-state index contributed by atoms with van der Waals surface area (Å²) in [5.41, 5.74) is 0. The van der Waals surface area contributed by atoms with E-state index in [2.05, 4.69) is 0 Å². The summed E-state index contributed by atoms with van der Waals surface area (Å²) in [6.07, 6.45) is 2.39. The van der Waals surface area contributed by atoms with E-state index >= 15 is 0 Å². The van der Waals surface area contributed by atoms with E-state index < -0.39 is 0 Å². The van der Waals surface area contributed by atoms with Crippen LogP contribution in [0.4, 0.5) is 0 Å². The fraction of sp³-hybridized carbons (Fsp3) is 0.500. The van der Waals surface area contributed by atoms with E-state index in [1.54, 1.807) is 0 Å². The van der Waals surface area contributed by atoms with Gasteiger partial charge in [0.15, 0.2) is 0 Å². The molecular formula is C8H15NO2. The van der Waals surface area contributed by atoms with Crippen molar-refractivity contribution in [1.29, 1.82) is 0 Å². The van der Waals surface area contributed by atoms with Crippen LogP contribution in [-0.2, 0) is 9.59 Å². The second kappa shape index (κ2) is 8.88. The quantitative estimate of drug-likeness (QED) is 0.538. The molecule has 0 aromatic carbocycles. The average Bonchev–Trinajstić information content (AvgIpc) is 2.43. The first-order valence-corrected chi connectivity index (χ1v) is 3.82. The van der Waals surface area contributed by atoms with Crippen molar-refractivity contribution in [3.05, 3.63) is 12.2 Å². The Bertz CT molecular complexity index is 134. The lowest BCUT2D eigenvalue weighted by molar-refractivity contribution is -0.123. The van der Waals surface area contributed by atoms with Crippen molar-refractivity contribution in [3.63, 3.8) is 0 Å². The fourth-order valence-electron chi connectivity index (χ4n) is 0.356. The normalized spacial score (nSPS) is 12.4. The molecule has 3 heteroatoms. The van der Waals surface area contributed by atoms with Crippen molar-refractivity contribution in [2.24, 2.45) is 0 Å². The highest BCUT2D eigenvalue weighted by molar-refractivity contribution is 6.12. The van der Waals surface area contributed by atoms with Crippen molar-refractivity contribution < 1.29 is 9.59 Å². The van der Waals surface area contributed by atoms with Gasteiger partial charge in [-0.25, -0.2) is 0 Å². The second-order valence-corrected chi connectivity index (χ2v) is 1.19. The largest absolute Gasteiger partial charge is 0.289 e. The Labute approximate surface area is 67.5 Å². The first-order chi connectivity index (χ1) is 5.29. The molecule has 0 spiro atoms. The van der Waals surface area contributed by atoms with Crippen LogP contribution in [0.1, 0.15) is 27.7 Å². The number of carbonyl (C=O) groups excluding carboxylic acids is 2. The topological polar surface area (TPSA) is 46.2 Å². The molecule has 64 valence electrons. The molecule has 1 rings (SSSR count). The van der Waals surface area contributed by atoms with Crippen LogP contribution >= 0.6 is 0 Å². The van der Waals surface area contributed by atoms with E-state index in [0.717, 1.165) is 0 Å². The molecule has 0 fully saturated rings. The van der Waals surface area contributed by atoms with Crippen LogP contribution in [0.5, 0.6) is 0 Å².